The average molecular weight is 547 g/mol. The van der Waals surface area contributed by atoms with E-state index < -0.39 is 53.6 Å². The molecule has 1 aliphatic rings. The highest BCUT2D eigenvalue weighted by molar-refractivity contribution is 5.75. The van der Waals surface area contributed by atoms with Gasteiger partial charge in [0.25, 0.3) is 5.69 Å². The normalized spacial score (nSPS) is 20.2. The lowest BCUT2D eigenvalue weighted by Gasteiger charge is -2.39. The fraction of sp³-hybridized carbons (Fsp3) is 0.360. The van der Waals surface area contributed by atoms with Gasteiger partial charge in [-0.15, -0.1) is 0 Å². The van der Waals surface area contributed by atoms with Crippen LogP contribution in [-0.4, -0.2) is 60.7 Å². The molecule has 0 unspecified atom stereocenters. The van der Waals surface area contributed by atoms with E-state index in [2.05, 4.69) is 0 Å². The lowest BCUT2D eigenvalue weighted by Crippen LogP contribution is -2.55. The third kappa shape index (κ3) is 8.39. The number of ether oxygens (including phenoxy) is 7. The van der Waals surface area contributed by atoms with Crippen molar-refractivity contribution >= 4 is 29.8 Å². The smallest absolute Gasteiger partial charge is 0.467 e. The Morgan fingerprint density at radius 3 is 2.13 bits per heavy atom. The van der Waals surface area contributed by atoms with E-state index in [1.165, 1.54) is 50.4 Å². The molecule has 1 aliphatic heterocycles. The maximum atomic E-state index is 12.1. The first-order valence-corrected chi connectivity index (χ1v) is 11.5. The molecule has 0 radical (unpaired) electrons. The summed E-state index contributed by atoms with van der Waals surface area (Å²) in [7, 11) is 1.17. The van der Waals surface area contributed by atoms with E-state index in [1.54, 1.807) is 12.1 Å². The molecule has 0 bridgehead atoms. The van der Waals surface area contributed by atoms with Crippen LogP contribution < -0.4 is 9.47 Å². The van der Waals surface area contributed by atoms with Crippen LogP contribution in [0.2, 0.25) is 0 Å². The van der Waals surface area contributed by atoms with Crippen molar-refractivity contribution in [3.63, 3.8) is 0 Å². The number of hydrogen-bond acceptors (Lipinski definition) is 13. The predicted octanol–water partition coefficient (Wildman–Crippen LogP) is 2.84. The Morgan fingerprint density at radius 2 is 1.56 bits per heavy atom. The summed E-state index contributed by atoms with van der Waals surface area (Å²) in [6.07, 6.45) is -5.82. The molecule has 1 heterocycles. The van der Waals surface area contributed by atoms with Gasteiger partial charge in [-0.3, -0.25) is 19.7 Å². The average Bonchev–Trinajstić information content (AvgIpc) is 2.89. The number of carbonyl (C=O) groups excluding carboxylic acids is 4. The summed E-state index contributed by atoms with van der Waals surface area (Å²) in [5, 5.41) is 10.7. The van der Waals surface area contributed by atoms with Gasteiger partial charge in [0.2, 0.25) is 12.4 Å². The molecule has 2 aromatic rings. The minimum Gasteiger partial charge on any atom is -0.467 e. The van der Waals surface area contributed by atoms with Crippen LogP contribution in [0.1, 0.15) is 25.8 Å². The molecule has 39 heavy (non-hydrogen) atoms. The molecule has 0 spiro atoms. The highest BCUT2D eigenvalue weighted by atomic mass is 16.7. The molecule has 1 saturated heterocycles. The van der Waals surface area contributed by atoms with Crippen LogP contribution in [0.4, 0.5) is 10.5 Å². The quantitative estimate of drug-likeness (QED) is 0.147. The third-order valence-electron chi connectivity index (χ3n) is 5.24. The SMILES string of the molecule is COC(=O)[C@@H]1C[C@H](OC(C)=O)[C@@H](OC(C)=O)[C@H](Oc2ccc(COC(=O)Oc3ccc([N+](=O)[O-])cc3)cc2)O1. The van der Waals surface area contributed by atoms with E-state index in [-0.39, 0.29) is 30.2 Å². The highest BCUT2D eigenvalue weighted by Gasteiger charge is 2.47. The number of carbonyl (C=O) groups is 4. The van der Waals surface area contributed by atoms with Crippen molar-refractivity contribution in [1.29, 1.82) is 0 Å². The fourth-order valence-corrected chi connectivity index (χ4v) is 3.55. The van der Waals surface area contributed by atoms with E-state index in [4.69, 9.17) is 33.2 Å². The molecule has 4 atom stereocenters. The van der Waals surface area contributed by atoms with Crippen molar-refractivity contribution in [1.82, 2.24) is 0 Å². The van der Waals surface area contributed by atoms with E-state index in [0.29, 0.717) is 5.56 Å². The largest absolute Gasteiger partial charge is 0.514 e. The molecule has 0 aromatic heterocycles. The van der Waals surface area contributed by atoms with Crippen LogP contribution in [0.15, 0.2) is 48.5 Å². The predicted molar refractivity (Wildman–Crippen MR) is 127 cm³/mol. The molecule has 3 rings (SSSR count). The Labute approximate surface area is 221 Å². The molecule has 14 nitrogen and oxygen atoms in total. The summed E-state index contributed by atoms with van der Waals surface area (Å²) in [6.45, 7) is 2.17. The molecule has 0 saturated carbocycles. The third-order valence-corrected chi connectivity index (χ3v) is 5.24. The summed E-state index contributed by atoms with van der Waals surface area (Å²) in [4.78, 5) is 57.5. The van der Waals surface area contributed by atoms with Gasteiger partial charge in [-0.25, -0.2) is 9.59 Å². The molecule has 1 fully saturated rings. The molecular weight excluding hydrogens is 522 g/mol. The first-order valence-electron chi connectivity index (χ1n) is 11.5. The zero-order valence-electron chi connectivity index (χ0n) is 21.1. The first-order chi connectivity index (χ1) is 18.5. The monoisotopic (exact) mass is 547 g/mol. The molecule has 14 heteroatoms. The zero-order chi connectivity index (χ0) is 28.5. The summed E-state index contributed by atoms with van der Waals surface area (Å²) in [5.41, 5.74) is 0.396. The second-order valence-electron chi connectivity index (χ2n) is 8.13. The Balaban J connectivity index is 1.63. The molecular formula is C25H25NO13. The standard InChI is InChI=1S/C25H25NO13/c1-14(27)35-20-12-21(23(29)33-3)39-24(22(20)36-15(2)28)37-18-8-4-16(5-9-18)13-34-25(30)38-19-10-6-17(7-11-19)26(31)32/h4-11,20-22,24H,12-13H2,1-3H3/t20-,21-,22+,24+/m0/s1. The van der Waals surface area contributed by atoms with Crippen molar-refractivity contribution in [2.75, 3.05) is 7.11 Å². The Kier molecular flexibility index (Phi) is 9.75. The van der Waals surface area contributed by atoms with E-state index in [1.807, 2.05) is 0 Å². The van der Waals surface area contributed by atoms with Crippen LogP contribution in [-0.2, 0) is 44.7 Å². The number of nitro benzene ring substituents is 1. The molecule has 208 valence electrons. The summed E-state index contributed by atoms with van der Waals surface area (Å²) >= 11 is 0. The van der Waals surface area contributed by atoms with Crippen LogP contribution >= 0.6 is 0 Å². The van der Waals surface area contributed by atoms with Gasteiger partial charge in [0.15, 0.2) is 6.10 Å². The summed E-state index contributed by atoms with van der Waals surface area (Å²) in [6, 6.07) is 11.1. The Bertz CT molecular complexity index is 1200. The van der Waals surface area contributed by atoms with Crippen molar-refractivity contribution in [3.05, 3.63) is 64.2 Å². The number of nitro groups is 1. The fourth-order valence-electron chi connectivity index (χ4n) is 3.55. The molecule has 0 N–H and O–H groups in total. The van der Waals surface area contributed by atoms with Gasteiger partial charge < -0.3 is 33.2 Å². The number of methoxy groups -OCH3 is 1. The van der Waals surface area contributed by atoms with Gasteiger partial charge in [0.1, 0.15) is 24.2 Å². The van der Waals surface area contributed by atoms with Gasteiger partial charge in [-0.1, -0.05) is 12.1 Å². The van der Waals surface area contributed by atoms with E-state index in [0.717, 1.165) is 6.92 Å². The van der Waals surface area contributed by atoms with Crippen LogP contribution in [0, 0.1) is 10.1 Å². The number of hydrogen-bond donors (Lipinski definition) is 0. The minimum atomic E-state index is -1.32. The van der Waals surface area contributed by atoms with Gasteiger partial charge in [-0.05, 0) is 29.8 Å². The second kappa shape index (κ2) is 13.2. The second-order valence-corrected chi connectivity index (χ2v) is 8.13. The van der Waals surface area contributed by atoms with Gasteiger partial charge in [0.05, 0.1) is 12.0 Å². The molecule has 0 amide bonds. The van der Waals surface area contributed by atoms with E-state index in [9.17, 15) is 29.3 Å². The van der Waals surface area contributed by atoms with Crippen LogP contribution in [0.25, 0.3) is 0 Å². The number of esters is 3. The highest BCUT2D eigenvalue weighted by Crippen LogP contribution is 2.29. The van der Waals surface area contributed by atoms with Crippen molar-refractivity contribution in [3.8, 4) is 11.5 Å². The number of nitrogens with zero attached hydrogens (tertiary/aromatic N) is 1. The van der Waals surface area contributed by atoms with Gasteiger partial charge >= 0.3 is 24.1 Å². The number of non-ortho nitro benzene ring substituents is 1. The van der Waals surface area contributed by atoms with Gasteiger partial charge in [-0.2, -0.15) is 0 Å². The topological polar surface area (TPSA) is 176 Å². The lowest BCUT2D eigenvalue weighted by molar-refractivity contribution is -0.384. The molecule has 0 aliphatic carbocycles. The first kappa shape index (κ1) is 28.8. The maximum Gasteiger partial charge on any atom is 0.514 e. The maximum absolute atomic E-state index is 12.1. The zero-order valence-corrected chi connectivity index (χ0v) is 21.1. The number of rotatable bonds is 9. The minimum absolute atomic E-state index is 0.0708. The van der Waals surface area contributed by atoms with Crippen LogP contribution in [0.5, 0.6) is 11.5 Å². The summed E-state index contributed by atoms with van der Waals surface area (Å²) < 4.78 is 36.8. The van der Waals surface area contributed by atoms with Gasteiger partial charge in [0, 0.05) is 32.4 Å². The van der Waals surface area contributed by atoms with Crippen molar-refractivity contribution < 1.29 is 57.3 Å². The van der Waals surface area contributed by atoms with Crippen LogP contribution in [0.3, 0.4) is 0 Å². The Hall–Kier alpha value is -4.72. The number of benzene rings is 2. The Morgan fingerprint density at radius 1 is 0.949 bits per heavy atom. The van der Waals surface area contributed by atoms with Crippen molar-refractivity contribution in [2.45, 2.75) is 51.5 Å². The summed E-state index contributed by atoms with van der Waals surface area (Å²) in [5.74, 6) is -1.75. The van der Waals surface area contributed by atoms with E-state index >= 15 is 0 Å². The van der Waals surface area contributed by atoms with Crippen molar-refractivity contribution in [2.24, 2.45) is 0 Å². The molecule has 2 aromatic carbocycles. The lowest BCUT2D eigenvalue weighted by atomic mass is 10.0.